The van der Waals surface area contributed by atoms with Crippen molar-refractivity contribution >= 4 is 32.5 Å². The van der Waals surface area contributed by atoms with E-state index in [0.29, 0.717) is 16.7 Å². The molecular formula is C12H16N4O4S. The van der Waals surface area contributed by atoms with Gasteiger partial charge < -0.3 is 10.4 Å². The van der Waals surface area contributed by atoms with Crippen molar-refractivity contribution in [1.82, 2.24) is 14.8 Å². The lowest BCUT2D eigenvalue weighted by Crippen LogP contribution is -2.26. The van der Waals surface area contributed by atoms with E-state index >= 15 is 0 Å². The third-order valence-electron chi connectivity index (χ3n) is 2.94. The number of hydrogen-bond acceptors (Lipinski definition) is 6. The summed E-state index contributed by atoms with van der Waals surface area (Å²) in [6, 6.07) is -0.441. The molecule has 1 unspecified atom stereocenters. The first kappa shape index (κ1) is 15.2. The van der Waals surface area contributed by atoms with Crippen LogP contribution in [0.4, 0.5) is 5.69 Å². The van der Waals surface area contributed by atoms with Crippen LogP contribution in [-0.2, 0) is 16.9 Å². The zero-order valence-electron chi connectivity index (χ0n) is 11.9. The second-order valence-electron chi connectivity index (χ2n) is 5.00. The maximum absolute atomic E-state index is 11.3. The number of rotatable bonds is 5. The minimum absolute atomic E-state index is 0.0177. The molecule has 2 N–H and O–H groups in total. The smallest absolute Gasteiger partial charge is 0.339 e. The zero-order chi connectivity index (χ0) is 15.8. The first-order valence-electron chi connectivity index (χ1n) is 6.17. The Kier molecular flexibility index (Phi) is 3.86. The highest BCUT2D eigenvalue weighted by Gasteiger charge is 2.19. The van der Waals surface area contributed by atoms with E-state index in [-0.39, 0.29) is 11.3 Å². The summed E-state index contributed by atoms with van der Waals surface area (Å²) in [5.74, 6) is -1.24. The number of anilines is 1. The lowest BCUT2D eigenvalue weighted by molar-refractivity contribution is 0.0697. The SMILES string of the molecule is CC(CS(C)(=O)=O)Nc1c(C(=O)O)cnc2c1cnn2C. The van der Waals surface area contributed by atoms with Crippen LogP contribution in [0.2, 0.25) is 0 Å². The molecule has 21 heavy (non-hydrogen) atoms. The van der Waals surface area contributed by atoms with E-state index in [0.717, 1.165) is 6.26 Å². The Balaban J connectivity index is 2.49. The number of fused-ring (bicyclic) bond motifs is 1. The van der Waals surface area contributed by atoms with Crippen molar-refractivity contribution in [3.05, 3.63) is 18.0 Å². The Morgan fingerprint density at radius 3 is 2.71 bits per heavy atom. The van der Waals surface area contributed by atoms with Gasteiger partial charge in [0.2, 0.25) is 0 Å². The Morgan fingerprint density at radius 2 is 2.14 bits per heavy atom. The summed E-state index contributed by atoms with van der Waals surface area (Å²) in [4.78, 5) is 15.4. The molecule has 0 aromatic carbocycles. The first-order valence-corrected chi connectivity index (χ1v) is 8.23. The fourth-order valence-corrected chi connectivity index (χ4v) is 3.15. The van der Waals surface area contributed by atoms with Gasteiger partial charge in [-0.05, 0) is 6.92 Å². The summed E-state index contributed by atoms with van der Waals surface area (Å²) in [6.45, 7) is 1.68. The molecule has 114 valence electrons. The van der Waals surface area contributed by atoms with Gasteiger partial charge in [0.1, 0.15) is 15.4 Å². The number of carboxylic acids is 1. The molecule has 0 spiro atoms. The van der Waals surface area contributed by atoms with Crippen LogP contribution >= 0.6 is 0 Å². The number of aromatic nitrogens is 3. The molecule has 8 nitrogen and oxygen atoms in total. The van der Waals surface area contributed by atoms with E-state index in [1.54, 1.807) is 14.0 Å². The fourth-order valence-electron chi connectivity index (χ4n) is 2.16. The minimum atomic E-state index is -3.17. The first-order chi connectivity index (χ1) is 9.69. The zero-order valence-corrected chi connectivity index (χ0v) is 12.7. The predicted octanol–water partition coefficient (Wildman–Crippen LogP) is 0.511. The lowest BCUT2D eigenvalue weighted by atomic mass is 10.1. The van der Waals surface area contributed by atoms with Crippen molar-refractivity contribution in [1.29, 1.82) is 0 Å². The van der Waals surface area contributed by atoms with Crippen LogP contribution in [0.25, 0.3) is 11.0 Å². The van der Waals surface area contributed by atoms with Gasteiger partial charge in [-0.1, -0.05) is 0 Å². The van der Waals surface area contributed by atoms with Crippen LogP contribution in [0.5, 0.6) is 0 Å². The monoisotopic (exact) mass is 312 g/mol. The second kappa shape index (κ2) is 5.32. The lowest BCUT2D eigenvalue weighted by Gasteiger charge is -2.16. The molecule has 0 bridgehead atoms. The molecule has 2 heterocycles. The third-order valence-corrected chi connectivity index (χ3v) is 4.04. The van der Waals surface area contributed by atoms with Gasteiger partial charge in [-0.25, -0.2) is 18.2 Å². The summed E-state index contributed by atoms with van der Waals surface area (Å²) in [5, 5.41) is 16.8. The van der Waals surface area contributed by atoms with Crippen molar-refractivity contribution < 1.29 is 18.3 Å². The van der Waals surface area contributed by atoms with Crippen LogP contribution in [-0.4, -0.2) is 52.3 Å². The molecule has 0 amide bonds. The number of nitrogens with zero attached hydrogens (tertiary/aromatic N) is 3. The van der Waals surface area contributed by atoms with Crippen LogP contribution in [0, 0.1) is 0 Å². The number of sulfone groups is 1. The van der Waals surface area contributed by atoms with Gasteiger partial charge in [0.05, 0.1) is 23.0 Å². The van der Waals surface area contributed by atoms with E-state index in [1.165, 1.54) is 17.1 Å². The normalized spacial score (nSPS) is 13.3. The maximum Gasteiger partial charge on any atom is 0.339 e. The van der Waals surface area contributed by atoms with Crippen molar-refractivity contribution in [3.8, 4) is 0 Å². The largest absolute Gasteiger partial charge is 0.478 e. The van der Waals surface area contributed by atoms with E-state index in [9.17, 15) is 18.3 Å². The number of aromatic carboxylic acids is 1. The summed E-state index contributed by atoms with van der Waals surface area (Å²) in [7, 11) is -1.48. The van der Waals surface area contributed by atoms with Gasteiger partial charge >= 0.3 is 5.97 Å². The Hall–Kier alpha value is -2.16. The van der Waals surface area contributed by atoms with E-state index in [2.05, 4.69) is 15.4 Å². The predicted molar refractivity (Wildman–Crippen MR) is 78.3 cm³/mol. The molecular weight excluding hydrogens is 296 g/mol. The molecule has 1 atom stereocenters. The molecule has 0 aliphatic heterocycles. The second-order valence-corrected chi connectivity index (χ2v) is 7.18. The van der Waals surface area contributed by atoms with E-state index in [1.807, 2.05) is 0 Å². The van der Waals surface area contributed by atoms with Crippen molar-refractivity contribution in [2.45, 2.75) is 13.0 Å². The molecule has 2 aromatic rings. The molecule has 0 aliphatic rings. The molecule has 0 saturated carbocycles. The van der Waals surface area contributed by atoms with Crippen molar-refractivity contribution in [3.63, 3.8) is 0 Å². The number of pyridine rings is 1. The topological polar surface area (TPSA) is 114 Å². The van der Waals surface area contributed by atoms with E-state index in [4.69, 9.17) is 0 Å². The standard InChI is InChI=1S/C12H16N4O4S/c1-7(6-21(3,19)20)15-10-8-5-14-16(2)11(8)13-4-9(10)12(17)18/h4-5,7H,6H2,1-3H3,(H,13,15)(H,17,18). The van der Waals surface area contributed by atoms with Crippen molar-refractivity contribution in [2.75, 3.05) is 17.3 Å². The maximum atomic E-state index is 11.3. The van der Waals surface area contributed by atoms with Gasteiger partial charge in [0.25, 0.3) is 0 Å². The van der Waals surface area contributed by atoms with Crippen LogP contribution in [0.3, 0.4) is 0 Å². The minimum Gasteiger partial charge on any atom is -0.478 e. The third kappa shape index (κ3) is 3.30. The molecule has 0 aliphatic carbocycles. The highest BCUT2D eigenvalue weighted by atomic mass is 32.2. The molecule has 2 aromatic heterocycles. The molecule has 0 fully saturated rings. The average Bonchev–Trinajstić information content (AvgIpc) is 2.69. The number of hydrogen-bond donors (Lipinski definition) is 2. The van der Waals surface area contributed by atoms with Gasteiger partial charge in [-0.15, -0.1) is 0 Å². The van der Waals surface area contributed by atoms with Gasteiger partial charge in [-0.3, -0.25) is 4.68 Å². The number of nitrogens with one attached hydrogen (secondary N) is 1. The van der Waals surface area contributed by atoms with Gasteiger partial charge in [0.15, 0.2) is 5.65 Å². The summed E-state index contributed by atoms with van der Waals surface area (Å²) in [6.07, 6.45) is 3.88. The van der Waals surface area contributed by atoms with Crippen LogP contribution < -0.4 is 5.32 Å². The quantitative estimate of drug-likeness (QED) is 0.826. The molecule has 9 heteroatoms. The van der Waals surface area contributed by atoms with Gasteiger partial charge in [0, 0.05) is 25.5 Å². The van der Waals surface area contributed by atoms with Gasteiger partial charge in [-0.2, -0.15) is 5.10 Å². The van der Waals surface area contributed by atoms with Crippen molar-refractivity contribution in [2.24, 2.45) is 7.05 Å². The number of aryl methyl sites for hydroxylation is 1. The average molecular weight is 312 g/mol. The fraction of sp³-hybridized carbons (Fsp3) is 0.417. The van der Waals surface area contributed by atoms with Crippen LogP contribution in [0.15, 0.2) is 12.4 Å². The summed E-state index contributed by atoms with van der Waals surface area (Å²) >= 11 is 0. The number of carboxylic acid groups (broad SMARTS) is 1. The molecule has 2 rings (SSSR count). The highest BCUT2D eigenvalue weighted by Crippen LogP contribution is 2.26. The summed E-state index contributed by atoms with van der Waals surface area (Å²) < 4.78 is 24.2. The molecule has 0 radical (unpaired) electrons. The molecule has 0 saturated heterocycles. The Bertz CT molecular complexity index is 797. The van der Waals surface area contributed by atoms with E-state index < -0.39 is 21.8 Å². The van der Waals surface area contributed by atoms with Crippen LogP contribution in [0.1, 0.15) is 17.3 Å². The number of carbonyl (C=O) groups is 1. The Labute approximate surface area is 121 Å². The Morgan fingerprint density at radius 1 is 1.48 bits per heavy atom. The highest BCUT2D eigenvalue weighted by molar-refractivity contribution is 7.90. The summed E-state index contributed by atoms with van der Waals surface area (Å²) in [5.41, 5.74) is 0.835.